The zero-order chi connectivity index (χ0) is 28.6. The molecule has 2 aromatic carbocycles. The molecule has 2 N–H and O–H groups in total. The molecule has 40 heavy (non-hydrogen) atoms. The average Bonchev–Trinajstić information content (AvgIpc) is 2.92. The van der Waals surface area contributed by atoms with Gasteiger partial charge in [0.05, 0.1) is 24.0 Å². The van der Waals surface area contributed by atoms with E-state index in [2.05, 4.69) is 20.3 Å². The third-order valence-electron chi connectivity index (χ3n) is 6.19. The molecule has 0 saturated carbocycles. The zero-order valence-electron chi connectivity index (χ0n) is 21.4. The number of hydrogen-bond acceptors (Lipinski definition) is 6. The van der Waals surface area contributed by atoms with Gasteiger partial charge in [0.1, 0.15) is 22.6 Å². The van der Waals surface area contributed by atoms with Gasteiger partial charge in [-0.3, -0.25) is 14.6 Å². The lowest BCUT2D eigenvalue weighted by Gasteiger charge is -2.13. The Labute approximate surface area is 225 Å². The van der Waals surface area contributed by atoms with Gasteiger partial charge < -0.3 is 19.8 Å². The minimum Gasteiger partial charge on any atom is -0.495 e. The number of aromatic amines is 1. The number of pyridine rings is 3. The predicted molar refractivity (Wildman–Crippen MR) is 142 cm³/mol. The molecule has 0 aliphatic rings. The summed E-state index contributed by atoms with van der Waals surface area (Å²) in [5, 5.41) is 2.23. The number of fused-ring (bicyclic) bond motifs is 1. The van der Waals surface area contributed by atoms with Crippen LogP contribution in [-0.4, -0.2) is 28.0 Å². The number of halogens is 3. The molecule has 11 heteroatoms. The van der Waals surface area contributed by atoms with Gasteiger partial charge in [-0.05, 0) is 31.5 Å². The Hall–Kier alpha value is -5.19. The number of amides is 1. The van der Waals surface area contributed by atoms with Gasteiger partial charge in [0.25, 0.3) is 5.91 Å². The number of nitrogens with zero attached hydrogens (tertiary/aromatic N) is 2. The third-order valence-corrected chi connectivity index (χ3v) is 6.19. The van der Waals surface area contributed by atoms with E-state index in [-0.39, 0.29) is 16.9 Å². The number of aromatic nitrogens is 3. The Morgan fingerprint density at radius 1 is 0.950 bits per heavy atom. The van der Waals surface area contributed by atoms with Gasteiger partial charge in [-0.25, -0.2) is 18.2 Å². The number of rotatable bonds is 6. The SMILES string of the molecule is COc1cc2nccc(Oc3cc(F)c(NC(=O)c4c[nH]c(C)c(-c5ccc(F)cc5)c4=O)cc3F)c2nc1C. The Bertz CT molecular complexity index is 1840. The molecule has 0 bridgehead atoms. The first kappa shape index (κ1) is 26.4. The van der Waals surface area contributed by atoms with E-state index in [4.69, 9.17) is 9.47 Å². The summed E-state index contributed by atoms with van der Waals surface area (Å²) < 4.78 is 54.3. The van der Waals surface area contributed by atoms with E-state index < -0.39 is 40.2 Å². The standard InChI is InChI=1S/C29H21F3N4O4/c1-14-24(39-3)12-22-27(35-14)23(8-9-33-22)40-25-11-19(31)21(10-20(25)32)36-29(38)18-13-34-15(2)26(28(18)37)16-4-6-17(30)7-5-16/h4-13H,1-3H3,(H,34,37)(H,36,38). The van der Waals surface area contributed by atoms with Gasteiger partial charge in [0.2, 0.25) is 5.43 Å². The Kier molecular flexibility index (Phi) is 6.95. The molecule has 0 radical (unpaired) electrons. The second-order valence-corrected chi connectivity index (χ2v) is 8.81. The predicted octanol–water partition coefficient (Wildman–Crippen LogP) is 6.07. The molecule has 8 nitrogen and oxygen atoms in total. The van der Waals surface area contributed by atoms with Crippen LogP contribution < -0.4 is 20.2 Å². The number of nitrogens with one attached hydrogen (secondary N) is 2. The van der Waals surface area contributed by atoms with Crippen molar-refractivity contribution in [2.24, 2.45) is 0 Å². The molecule has 3 heterocycles. The average molecular weight is 547 g/mol. The highest BCUT2D eigenvalue weighted by Gasteiger charge is 2.20. The molecule has 5 aromatic rings. The van der Waals surface area contributed by atoms with Crippen LogP contribution in [0.2, 0.25) is 0 Å². The van der Waals surface area contributed by atoms with Crippen molar-refractivity contribution in [2.45, 2.75) is 13.8 Å². The van der Waals surface area contributed by atoms with Crippen molar-refractivity contribution in [3.63, 3.8) is 0 Å². The highest BCUT2D eigenvalue weighted by molar-refractivity contribution is 6.04. The lowest BCUT2D eigenvalue weighted by molar-refractivity contribution is 0.102. The molecular weight excluding hydrogens is 525 g/mol. The van der Waals surface area contributed by atoms with Crippen LogP contribution in [-0.2, 0) is 0 Å². The fourth-order valence-corrected chi connectivity index (χ4v) is 4.18. The van der Waals surface area contributed by atoms with E-state index in [0.717, 1.165) is 12.1 Å². The van der Waals surface area contributed by atoms with Crippen LogP contribution in [0.25, 0.3) is 22.2 Å². The maximum atomic E-state index is 15.0. The molecule has 0 saturated heterocycles. The molecule has 0 aliphatic carbocycles. The number of carbonyl (C=O) groups excluding carboxylic acids is 1. The number of ether oxygens (including phenoxy) is 2. The van der Waals surface area contributed by atoms with Crippen molar-refractivity contribution >= 4 is 22.6 Å². The van der Waals surface area contributed by atoms with Crippen molar-refractivity contribution in [1.29, 1.82) is 0 Å². The summed E-state index contributed by atoms with van der Waals surface area (Å²) >= 11 is 0. The minimum atomic E-state index is -1.00. The largest absolute Gasteiger partial charge is 0.495 e. The minimum absolute atomic E-state index is 0.130. The van der Waals surface area contributed by atoms with Crippen LogP contribution in [0.1, 0.15) is 21.7 Å². The quantitative estimate of drug-likeness (QED) is 0.268. The Morgan fingerprint density at radius 3 is 2.42 bits per heavy atom. The van der Waals surface area contributed by atoms with Crippen molar-refractivity contribution in [2.75, 3.05) is 12.4 Å². The molecule has 5 rings (SSSR count). The van der Waals surface area contributed by atoms with Gasteiger partial charge in [-0.2, -0.15) is 0 Å². The maximum Gasteiger partial charge on any atom is 0.261 e. The molecule has 0 spiro atoms. The number of benzene rings is 2. The van der Waals surface area contributed by atoms with Crippen molar-refractivity contribution in [3.8, 4) is 28.4 Å². The number of hydrogen-bond donors (Lipinski definition) is 2. The van der Waals surface area contributed by atoms with Crippen molar-refractivity contribution in [3.05, 3.63) is 106 Å². The molecule has 1 amide bonds. The molecular formula is C29H21F3N4O4. The van der Waals surface area contributed by atoms with Crippen LogP contribution in [0.4, 0.5) is 18.9 Å². The van der Waals surface area contributed by atoms with E-state index in [1.54, 1.807) is 19.9 Å². The van der Waals surface area contributed by atoms with E-state index in [0.29, 0.717) is 33.7 Å². The van der Waals surface area contributed by atoms with Gasteiger partial charge in [-0.1, -0.05) is 12.1 Å². The van der Waals surface area contributed by atoms with Crippen LogP contribution >= 0.6 is 0 Å². The summed E-state index contributed by atoms with van der Waals surface area (Å²) in [4.78, 5) is 37.4. The fourth-order valence-electron chi connectivity index (χ4n) is 4.18. The van der Waals surface area contributed by atoms with Crippen LogP contribution in [0.5, 0.6) is 17.2 Å². The van der Waals surface area contributed by atoms with Crippen LogP contribution in [0.3, 0.4) is 0 Å². The zero-order valence-corrected chi connectivity index (χ0v) is 21.4. The van der Waals surface area contributed by atoms with Gasteiger partial charge in [0, 0.05) is 47.9 Å². The summed E-state index contributed by atoms with van der Waals surface area (Å²) in [6, 6.07) is 9.80. The number of H-pyrrole nitrogens is 1. The summed E-state index contributed by atoms with van der Waals surface area (Å²) in [6.45, 7) is 3.34. The topological polar surface area (TPSA) is 106 Å². The van der Waals surface area contributed by atoms with E-state index >= 15 is 8.78 Å². The first-order valence-electron chi connectivity index (χ1n) is 11.9. The number of aryl methyl sites for hydroxylation is 2. The van der Waals surface area contributed by atoms with Crippen LogP contribution in [0.15, 0.2) is 65.7 Å². The lowest BCUT2D eigenvalue weighted by Crippen LogP contribution is -2.24. The highest BCUT2D eigenvalue weighted by Crippen LogP contribution is 2.33. The van der Waals surface area contributed by atoms with Crippen LogP contribution in [0, 0.1) is 31.3 Å². The van der Waals surface area contributed by atoms with Gasteiger partial charge in [-0.15, -0.1) is 0 Å². The van der Waals surface area contributed by atoms with Crippen molar-refractivity contribution < 1.29 is 27.4 Å². The Morgan fingerprint density at radius 2 is 1.70 bits per heavy atom. The summed E-state index contributed by atoms with van der Waals surface area (Å²) in [5.41, 5.74) is 0.757. The summed E-state index contributed by atoms with van der Waals surface area (Å²) in [5.74, 6) is -3.25. The molecule has 3 aromatic heterocycles. The number of methoxy groups -OCH3 is 1. The van der Waals surface area contributed by atoms with Gasteiger partial charge in [0.15, 0.2) is 23.1 Å². The second-order valence-electron chi connectivity index (χ2n) is 8.81. The first-order chi connectivity index (χ1) is 19.2. The molecule has 0 fully saturated rings. The second kappa shape index (κ2) is 10.5. The smallest absolute Gasteiger partial charge is 0.261 e. The highest BCUT2D eigenvalue weighted by atomic mass is 19.1. The molecule has 0 atom stereocenters. The summed E-state index contributed by atoms with van der Waals surface area (Å²) in [6.07, 6.45) is 2.60. The fraction of sp³-hybridized carbons (Fsp3) is 0.103. The lowest BCUT2D eigenvalue weighted by atomic mass is 10.0. The maximum absolute atomic E-state index is 15.0. The van der Waals surface area contributed by atoms with E-state index in [1.807, 2.05) is 0 Å². The first-order valence-corrected chi connectivity index (χ1v) is 11.9. The molecule has 0 aliphatic heterocycles. The number of anilines is 1. The monoisotopic (exact) mass is 546 g/mol. The van der Waals surface area contributed by atoms with E-state index in [9.17, 15) is 14.0 Å². The Balaban J connectivity index is 1.43. The van der Waals surface area contributed by atoms with E-state index in [1.165, 1.54) is 49.8 Å². The third kappa shape index (κ3) is 4.96. The normalized spacial score (nSPS) is 10.9. The molecule has 0 unspecified atom stereocenters. The van der Waals surface area contributed by atoms with Crippen molar-refractivity contribution in [1.82, 2.24) is 15.0 Å². The molecule has 202 valence electrons. The summed E-state index contributed by atoms with van der Waals surface area (Å²) in [7, 11) is 1.49. The number of carbonyl (C=O) groups is 1. The van der Waals surface area contributed by atoms with Gasteiger partial charge >= 0.3 is 0 Å².